The Morgan fingerprint density at radius 1 is 1.18 bits per heavy atom. The van der Waals surface area contributed by atoms with Crippen LogP contribution in [-0.4, -0.2) is 20.4 Å². The van der Waals surface area contributed by atoms with E-state index < -0.39 is 0 Å². The number of rotatable bonds is 4. The summed E-state index contributed by atoms with van der Waals surface area (Å²) in [5.74, 6) is 0.668. The summed E-state index contributed by atoms with van der Waals surface area (Å²) in [5.41, 5.74) is 1.61. The van der Waals surface area contributed by atoms with Crippen LogP contribution in [0.25, 0.3) is 5.82 Å². The molecule has 0 spiro atoms. The highest BCUT2D eigenvalue weighted by molar-refractivity contribution is 9.10. The lowest BCUT2D eigenvalue weighted by Crippen LogP contribution is -2.22. The molecule has 0 aliphatic heterocycles. The summed E-state index contributed by atoms with van der Waals surface area (Å²) in [6, 6.07) is 11.1. The normalized spacial score (nSPS) is 10.4. The van der Waals surface area contributed by atoms with Crippen LogP contribution in [0.5, 0.6) is 0 Å². The molecule has 2 heterocycles. The average Bonchev–Trinajstić information content (AvgIpc) is 3.08. The van der Waals surface area contributed by atoms with Crippen molar-refractivity contribution in [2.75, 3.05) is 0 Å². The lowest BCUT2D eigenvalue weighted by molar-refractivity contribution is 0.0951. The minimum absolute atomic E-state index is 0.103. The first-order valence-electron chi connectivity index (χ1n) is 6.69. The van der Waals surface area contributed by atoms with Crippen LogP contribution in [-0.2, 0) is 6.54 Å². The topological polar surface area (TPSA) is 59.8 Å². The van der Waals surface area contributed by atoms with Gasteiger partial charge in [0.25, 0.3) is 5.91 Å². The Kier molecular flexibility index (Phi) is 4.29. The number of hydrogen-bond acceptors (Lipinski definition) is 3. The molecule has 3 aromatic rings. The van der Waals surface area contributed by atoms with Crippen molar-refractivity contribution in [3.8, 4) is 5.82 Å². The minimum atomic E-state index is -0.103. The number of nitrogens with zero attached hydrogens (tertiary/aromatic N) is 3. The van der Waals surface area contributed by atoms with Crippen molar-refractivity contribution in [2.45, 2.75) is 6.54 Å². The highest BCUT2D eigenvalue weighted by Gasteiger charge is 2.05. The molecule has 0 aliphatic rings. The van der Waals surface area contributed by atoms with Gasteiger partial charge in [0.1, 0.15) is 12.1 Å². The molecular weight excluding hydrogens is 344 g/mol. The fraction of sp³-hybridized carbons (Fsp3) is 0.0625. The third-order valence-electron chi connectivity index (χ3n) is 3.14. The summed E-state index contributed by atoms with van der Waals surface area (Å²) in [5, 5.41) is 2.90. The third-order valence-corrected chi connectivity index (χ3v) is 3.67. The van der Waals surface area contributed by atoms with Gasteiger partial charge in [0.05, 0.1) is 0 Å². The molecule has 3 rings (SSSR count). The quantitative estimate of drug-likeness (QED) is 0.781. The van der Waals surface area contributed by atoms with Crippen molar-refractivity contribution in [1.29, 1.82) is 0 Å². The number of carbonyl (C=O) groups excluding carboxylic acids is 1. The largest absolute Gasteiger partial charge is 0.348 e. The molecule has 22 heavy (non-hydrogen) atoms. The molecule has 0 radical (unpaired) electrons. The van der Waals surface area contributed by atoms with Crippen LogP contribution in [0.1, 0.15) is 15.9 Å². The van der Waals surface area contributed by atoms with Crippen LogP contribution in [0.4, 0.5) is 0 Å². The molecule has 0 atom stereocenters. The van der Waals surface area contributed by atoms with E-state index in [4.69, 9.17) is 0 Å². The highest BCUT2D eigenvalue weighted by Crippen LogP contribution is 2.11. The van der Waals surface area contributed by atoms with Gasteiger partial charge in [-0.15, -0.1) is 0 Å². The van der Waals surface area contributed by atoms with E-state index in [-0.39, 0.29) is 5.91 Å². The smallest absolute Gasteiger partial charge is 0.251 e. The number of aromatic nitrogens is 3. The van der Waals surface area contributed by atoms with E-state index in [9.17, 15) is 4.79 Å². The number of hydrogen-bond donors (Lipinski definition) is 1. The summed E-state index contributed by atoms with van der Waals surface area (Å²) in [6.07, 6.45) is 6.93. The molecule has 1 amide bonds. The molecule has 0 bridgehead atoms. The zero-order valence-electron chi connectivity index (χ0n) is 11.6. The number of amides is 1. The first kappa shape index (κ1) is 14.5. The van der Waals surface area contributed by atoms with Crippen LogP contribution in [0, 0.1) is 0 Å². The monoisotopic (exact) mass is 356 g/mol. The van der Waals surface area contributed by atoms with E-state index in [0.29, 0.717) is 12.1 Å². The lowest BCUT2D eigenvalue weighted by Gasteiger charge is -2.07. The van der Waals surface area contributed by atoms with Crippen LogP contribution >= 0.6 is 15.9 Å². The van der Waals surface area contributed by atoms with Gasteiger partial charge in [-0.2, -0.15) is 0 Å². The predicted molar refractivity (Wildman–Crippen MR) is 86.7 cm³/mol. The van der Waals surface area contributed by atoms with Gasteiger partial charge in [0, 0.05) is 35.2 Å². The maximum atomic E-state index is 12.1. The standard InChI is InChI=1S/C16H13BrN4O/c17-14-3-1-13(2-4-14)16(22)20-10-12-5-6-19-15(9-12)21-8-7-18-11-21/h1-9,11H,10H2,(H,20,22). The van der Waals surface area contributed by atoms with Crippen molar-refractivity contribution in [3.63, 3.8) is 0 Å². The Morgan fingerprint density at radius 3 is 2.73 bits per heavy atom. The molecule has 0 fully saturated rings. The fourth-order valence-corrected chi connectivity index (χ4v) is 2.26. The zero-order chi connectivity index (χ0) is 15.4. The maximum absolute atomic E-state index is 12.1. The molecule has 110 valence electrons. The lowest BCUT2D eigenvalue weighted by atomic mass is 10.2. The summed E-state index contributed by atoms with van der Waals surface area (Å²) < 4.78 is 2.77. The molecule has 1 N–H and O–H groups in total. The van der Waals surface area contributed by atoms with Gasteiger partial charge in [0.2, 0.25) is 0 Å². The van der Waals surface area contributed by atoms with Crippen LogP contribution in [0.3, 0.4) is 0 Å². The predicted octanol–water partition coefficient (Wildman–Crippen LogP) is 2.96. The minimum Gasteiger partial charge on any atom is -0.348 e. The van der Waals surface area contributed by atoms with E-state index >= 15 is 0 Å². The second kappa shape index (κ2) is 6.53. The first-order chi connectivity index (χ1) is 10.7. The molecule has 0 aliphatic carbocycles. The van der Waals surface area contributed by atoms with Gasteiger partial charge in [-0.1, -0.05) is 15.9 Å². The second-order valence-electron chi connectivity index (χ2n) is 4.68. The van der Waals surface area contributed by atoms with E-state index in [0.717, 1.165) is 15.9 Å². The number of carbonyl (C=O) groups is 1. The van der Waals surface area contributed by atoms with Crippen molar-refractivity contribution in [2.24, 2.45) is 0 Å². The van der Waals surface area contributed by atoms with Gasteiger partial charge in [-0.25, -0.2) is 9.97 Å². The van der Waals surface area contributed by atoms with Crippen molar-refractivity contribution in [1.82, 2.24) is 19.9 Å². The first-order valence-corrected chi connectivity index (χ1v) is 7.49. The second-order valence-corrected chi connectivity index (χ2v) is 5.60. The summed E-state index contributed by atoms with van der Waals surface area (Å²) in [4.78, 5) is 20.4. The summed E-state index contributed by atoms with van der Waals surface area (Å²) in [6.45, 7) is 0.444. The van der Waals surface area contributed by atoms with Gasteiger partial charge < -0.3 is 5.32 Å². The molecule has 2 aromatic heterocycles. The summed E-state index contributed by atoms with van der Waals surface area (Å²) in [7, 11) is 0. The van der Waals surface area contributed by atoms with E-state index in [1.165, 1.54) is 0 Å². The van der Waals surface area contributed by atoms with E-state index in [2.05, 4.69) is 31.2 Å². The molecular formula is C16H13BrN4O. The van der Waals surface area contributed by atoms with Gasteiger partial charge in [-0.3, -0.25) is 9.36 Å². The Labute approximate surface area is 136 Å². The number of halogens is 1. The maximum Gasteiger partial charge on any atom is 0.251 e. The number of pyridine rings is 1. The summed E-state index contributed by atoms with van der Waals surface area (Å²) >= 11 is 3.35. The Morgan fingerprint density at radius 2 is 2.00 bits per heavy atom. The molecule has 6 heteroatoms. The molecule has 0 saturated heterocycles. The molecule has 1 aromatic carbocycles. The van der Waals surface area contributed by atoms with Crippen LogP contribution < -0.4 is 5.32 Å². The molecule has 0 unspecified atom stereocenters. The number of benzene rings is 1. The fourth-order valence-electron chi connectivity index (χ4n) is 1.99. The molecule has 5 nitrogen and oxygen atoms in total. The van der Waals surface area contributed by atoms with Crippen molar-refractivity contribution >= 4 is 21.8 Å². The van der Waals surface area contributed by atoms with E-state index in [1.807, 2.05) is 35.0 Å². The van der Waals surface area contributed by atoms with E-state index in [1.54, 1.807) is 30.9 Å². The highest BCUT2D eigenvalue weighted by atomic mass is 79.9. The Bertz CT molecular complexity index is 769. The van der Waals surface area contributed by atoms with Gasteiger partial charge in [0.15, 0.2) is 0 Å². The van der Waals surface area contributed by atoms with Gasteiger partial charge in [-0.05, 0) is 42.0 Å². The van der Waals surface area contributed by atoms with Crippen LogP contribution in [0.2, 0.25) is 0 Å². The number of imidazole rings is 1. The average molecular weight is 357 g/mol. The number of nitrogens with one attached hydrogen (secondary N) is 1. The Balaban J connectivity index is 1.67. The SMILES string of the molecule is O=C(NCc1ccnc(-n2ccnc2)c1)c1ccc(Br)cc1. The molecule has 0 saturated carbocycles. The zero-order valence-corrected chi connectivity index (χ0v) is 13.2. The van der Waals surface area contributed by atoms with Crippen molar-refractivity contribution < 1.29 is 4.79 Å². The third kappa shape index (κ3) is 3.40. The van der Waals surface area contributed by atoms with Gasteiger partial charge >= 0.3 is 0 Å². The van der Waals surface area contributed by atoms with Crippen molar-refractivity contribution in [3.05, 3.63) is 76.9 Å². The Hall–Kier alpha value is -2.47. The van der Waals surface area contributed by atoms with Crippen LogP contribution in [0.15, 0.2) is 65.8 Å².